The van der Waals surface area contributed by atoms with E-state index in [1.54, 1.807) is 18.3 Å². The normalized spacial score (nSPS) is 10.4. The van der Waals surface area contributed by atoms with E-state index in [1.807, 2.05) is 13.8 Å². The van der Waals surface area contributed by atoms with Crippen LogP contribution in [0.15, 0.2) is 28.9 Å². The lowest BCUT2D eigenvalue weighted by atomic mass is 10.2. The molecule has 3 nitrogen and oxygen atoms in total. The van der Waals surface area contributed by atoms with Crippen molar-refractivity contribution in [2.45, 2.75) is 20.4 Å². The van der Waals surface area contributed by atoms with E-state index < -0.39 is 0 Å². The summed E-state index contributed by atoms with van der Waals surface area (Å²) in [5, 5.41) is 3.10. The highest BCUT2D eigenvalue weighted by Gasteiger charge is 2.05. The number of anilines is 1. The average Bonchev–Trinajstić information content (AvgIpc) is 2.34. The van der Waals surface area contributed by atoms with Gasteiger partial charge in [-0.1, -0.05) is 15.9 Å². The van der Waals surface area contributed by atoms with Gasteiger partial charge in [-0.3, -0.25) is 4.98 Å². The van der Waals surface area contributed by atoms with Gasteiger partial charge in [0.1, 0.15) is 11.6 Å². The Labute approximate surface area is 114 Å². The molecule has 0 aliphatic carbocycles. The maximum absolute atomic E-state index is 13.6. The number of rotatable bonds is 3. The zero-order valence-corrected chi connectivity index (χ0v) is 11.8. The third-order valence-corrected chi connectivity index (χ3v) is 3.02. The molecule has 0 bridgehead atoms. The molecule has 0 radical (unpaired) electrons. The largest absolute Gasteiger partial charge is 0.364 e. The molecule has 0 saturated heterocycles. The van der Waals surface area contributed by atoms with E-state index in [0.29, 0.717) is 17.9 Å². The van der Waals surface area contributed by atoms with Gasteiger partial charge in [0.25, 0.3) is 0 Å². The van der Waals surface area contributed by atoms with Crippen molar-refractivity contribution in [1.29, 1.82) is 0 Å². The molecule has 1 aromatic carbocycles. The third-order valence-electron chi connectivity index (χ3n) is 2.53. The number of benzene rings is 1. The summed E-state index contributed by atoms with van der Waals surface area (Å²) < 4.78 is 14.4. The molecule has 2 aromatic rings. The van der Waals surface area contributed by atoms with E-state index in [1.165, 1.54) is 6.07 Å². The quantitative estimate of drug-likeness (QED) is 0.941. The van der Waals surface area contributed by atoms with Crippen LogP contribution in [0.4, 0.5) is 10.2 Å². The number of nitrogens with one attached hydrogen (secondary N) is 1. The highest BCUT2D eigenvalue weighted by atomic mass is 79.9. The second-order valence-corrected chi connectivity index (χ2v) is 4.95. The van der Waals surface area contributed by atoms with E-state index in [2.05, 4.69) is 31.2 Å². The van der Waals surface area contributed by atoms with Gasteiger partial charge in [0.05, 0.1) is 11.4 Å². The van der Waals surface area contributed by atoms with Crippen molar-refractivity contribution in [3.63, 3.8) is 0 Å². The number of hydrogen-bond donors (Lipinski definition) is 1. The Balaban J connectivity index is 2.16. The minimum atomic E-state index is -0.232. The molecule has 5 heteroatoms. The highest BCUT2D eigenvalue weighted by molar-refractivity contribution is 9.10. The van der Waals surface area contributed by atoms with E-state index in [9.17, 15) is 4.39 Å². The second-order valence-electron chi connectivity index (χ2n) is 4.03. The molecule has 0 aliphatic rings. The van der Waals surface area contributed by atoms with Gasteiger partial charge in [0.15, 0.2) is 0 Å². The lowest BCUT2D eigenvalue weighted by Gasteiger charge is -2.09. The van der Waals surface area contributed by atoms with Crippen LogP contribution in [-0.4, -0.2) is 9.97 Å². The number of aromatic nitrogens is 2. The smallest absolute Gasteiger partial charge is 0.148 e. The number of aryl methyl sites for hydroxylation is 2. The van der Waals surface area contributed by atoms with E-state index in [-0.39, 0.29) is 5.82 Å². The second kappa shape index (κ2) is 5.44. The van der Waals surface area contributed by atoms with Gasteiger partial charge in [-0.2, -0.15) is 0 Å². The Bertz CT molecular complexity index is 521. The van der Waals surface area contributed by atoms with Crippen molar-refractivity contribution in [2.75, 3.05) is 5.32 Å². The molecule has 0 amide bonds. The molecular formula is C13H13BrFN3. The Morgan fingerprint density at radius 2 is 2.11 bits per heavy atom. The SMILES string of the molecule is Cc1cnc(C)c(NCc2cc(Br)ccc2F)n1. The molecule has 0 unspecified atom stereocenters. The first-order valence-electron chi connectivity index (χ1n) is 5.54. The van der Waals surface area contributed by atoms with Crippen LogP contribution in [0, 0.1) is 19.7 Å². The molecule has 1 heterocycles. The zero-order chi connectivity index (χ0) is 13.1. The number of nitrogens with zero attached hydrogens (tertiary/aromatic N) is 2. The molecular weight excluding hydrogens is 297 g/mol. The molecule has 0 saturated carbocycles. The first-order valence-corrected chi connectivity index (χ1v) is 6.33. The average molecular weight is 310 g/mol. The monoisotopic (exact) mass is 309 g/mol. The van der Waals surface area contributed by atoms with Gasteiger partial charge < -0.3 is 5.32 Å². The van der Waals surface area contributed by atoms with Crippen molar-refractivity contribution >= 4 is 21.7 Å². The summed E-state index contributed by atoms with van der Waals surface area (Å²) in [5.41, 5.74) is 2.22. The van der Waals surface area contributed by atoms with Crippen LogP contribution >= 0.6 is 15.9 Å². The van der Waals surface area contributed by atoms with Gasteiger partial charge in [-0.25, -0.2) is 9.37 Å². The fourth-order valence-electron chi connectivity index (χ4n) is 1.56. The Kier molecular flexibility index (Phi) is 3.91. The van der Waals surface area contributed by atoms with Crippen LogP contribution in [0.1, 0.15) is 17.0 Å². The minimum Gasteiger partial charge on any atom is -0.364 e. The summed E-state index contributed by atoms with van der Waals surface area (Å²) in [6.45, 7) is 4.12. The van der Waals surface area contributed by atoms with Gasteiger partial charge in [-0.05, 0) is 32.0 Å². The summed E-state index contributed by atoms with van der Waals surface area (Å²) in [5.74, 6) is 0.457. The van der Waals surface area contributed by atoms with Crippen LogP contribution in [0.3, 0.4) is 0 Å². The molecule has 0 aliphatic heterocycles. The number of hydrogen-bond acceptors (Lipinski definition) is 3. The lowest BCUT2D eigenvalue weighted by Crippen LogP contribution is -2.06. The van der Waals surface area contributed by atoms with Crippen molar-refractivity contribution < 1.29 is 4.39 Å². The molecule has 18 heavy (non-hydrogen) atoms. The van der Waals surface area contributed by atoms with Crippen molar-refractivity contribution in [3.8, 4) is 0 Å². The summed E-state index contributed by atoms with van der Waals surface area (Å²) >= 11 is 3.33. The van der Waals surface area contributed by atoms with Crippen LogP contribution in [0.5, 0.6) is 0 Å². The predicted octanol–water partition coefficient (Wildman–Crippen LogP) is 3.61. The van der Waals surface area contributed by atoms with Crippen LogP contribution in [0.25, 0.3) is 0 Å². The van der Waals surface area contributed by atoms with Crippen LogP contribution < -0.4 is 5.32 Å². The first-order chi connectivity index (χ1) is 8.56. The summed E-state index contributed by atoms with van der Waals surface area (Å²) in [4.78, 5) is 8.54. The summed E-state index contributed by atoms with van der Waals surface area (Å²) in [6, 6.07) is 4.87. The van der Waals surface area contributed by atoms with E-state index in [4.69, 9.17) is 0 Å². The fraction of sp³-hybridized carbons (Fsp3) is 0.231. The maximum Gasteiger partial charge on any atom is 0.148 e. The fourth-order valence-corrected chi connectivity index (χ4v) is 1.97. The Hall–Kier alpha value is -1.49. The Morgan fingerprint density at radius 3 is 2.89 bits per heavy atom. The molecule has 0 spiro atoms. The summed E-state index contributed by atoms with van der Waals surface area (Å²) in [7, 11) is 0. The standard InChI is InChI=1S/C13H13BrFN3/c1-8-6-16-9(2)13(18-8)17-7-10-5-11(14)3-4-12(10)15/h3-6H,7H2,1-2H3,(H,17,18). The molecule has 2 rings (SSSR count). The van der Waals surface area contributed by atoms with E-state index in [0.717, 1.165) is 15.9 Å². The zero-order valence-electron chi connectivity index (χ0n) is 10.2. The molecule has 94 valence electrons. The van der Waals surface area contributed by atoms with Gasteiger partial charge in [-0.15, -0.1) is 0 Å². The molecule has 0 atom stereocenters. The van der Waals surface area contributed by atoms with Gasteiger partial charge in [0, 0.05) is 22.8 Å². The molecule has 1 aromatic heterocycles. The van der Waals surface area contributed by atoms with E-state index >= 15 is 0 Å². The minimum absolute atomic E-state index is 0.232. The lowest BCUT2D eigenvalue weighted by molar-refractivity contribution is 0.612. The van der Waals surface area contributed by atoms with Crippen molar-refractivity contribution in [1.82, 2.24) is 9.97 Å². The predicted molar refractivity (Wildman–Crippen MR) is 72.9 cm³/mol. The number of halogens is 2. The Morgan fingerprint density at radius 1 is 1.33 bits per heavy atom. The topological polar surface area (TPSA) is 37.8 Å². The maximum atomic E-state index is 13.6. The van der Waals surface area contributed by atoms with Crippen molar-refractivity contribution in [3.05, 3.63) is 51.6 Å². The highest BCUT2D eigenvalue weighted by Crippen LogP contribution is 2.17. The van der Waals surface area contributed by atoms with Crippen LogP contribution in [0.2, 0.25) is 0 Å². The molecule has 0 fully saturated rings. The first kappa shape index (κ1) is 13.0. The third kappa shape index (κ3) is 3.04. The summed E-state index contributed by atoms with van der Waals surface area (Å²) in [6.07, 6.45) is 1.71. The molecule has 1 N–H and O–H groups in total. The van der Waals surface area contributed by atoms with Crippen LogP contribution in [-0.2, 0) is 6.54 Å². The van der Waals surface area contributed by atoms with Gasteiger partial charge >= 0.3 is 0 Å². The van der Waals surface area contributed by atoms with Crippen molar-refractivity contribution in [2.24, 2.45) is 0 Å². The van der Waals surface area contributed by atoms with Gasteiger partial charge in [0.2, 0.25) is 0 Å².